The fourth-order valence-corrected chi connectivity index (χ4v) is 2.35. The van der Waals surface area contributed by atoms with Gasteiger partial charge in [0.15, 0.2) is 5.78 Å². The number of rotatable bonds is 5. The van der Waals surface area contributed by atoms with Crippen LogP contribution in [0.4, 0.5) is 0 Å². The number of nitrogens with zero attached hydrogens (tertiary/aromatic N) is 1. The zero-order valence-corrected chi connectivity index (χ0v) is 11.6. The molecule has 0 aliphatic carbocycles. The average molecular weight is 260 g/mol. The number of carbonyl (C=O) groups is 1. The summed E-state index contributed by atoms with van der Waals surface area (Å²) in [6.07, 6.45) is 1.75. The van der Waals surface area contributed by atoms with E-state index < -0.39 is 5.60 Å². The second-order valence-corrected chi connectivity index (χ2v) is 5.66. The molecule has 1 heterocycles. The molecule has 0 aliphatic rings. The summed E-state index contributed by atoms with van der Waals surface area (Å²) in [7, 11) is 1.84. The van der Waals surface area contributed by atoms with Crippen LogP contribution in [0.2, 0.25) is 0 Å². The van der Waals surface area contributed by atoms with Crippen molar-refractivity contribution in [2.24, 2.45) is 0 Å². The van der Waals surface area contributed by atoms with Gasteiger partial charge in [0.05, 0.1) is 12.1 Å². The van der Waals surface area contributed by atoms with Crippen molar-refractivity contribution in [3.63, 3.8) is 0 Å². The van der Waals surface area contributed by atoms with Gasteiger partial charge in [-0.05, 0) is 27.0 Å². The number of ketones is 1. The topological polar surface area (TPSA) is 56.3 Å². The maximum Gasteiger partial charge on any atom is 0.178 e. The Morgan fingerprint density at radius 2 is 2.05 bits per heavy atom. The zero-order valence-electron chi connectivity index (χ0n) is 11.6. The Morgan fingerprint density at radius 3 is 2.74 bits per heavy atom. The van der Waals surface area contributed by atoms with Crippen LogP contribution in [0.15, 0.2) is 30.5 Å². The summed E-state index contributed by atoms with van der Waals surface area (Å²) in [5, 5.41) is 10.7. The van der Waals surface area contributed by atoms with Gasteiger partial charge in [-0.25, -0.2) is 0 Å². The molecule has 102 valence electrons. The Morgan fingerprint density at radius 1 is 1.37 bits per heavy atom. The second-order valence-electron chi connectivity index (χ2n) is 5.66. The van der Waals surface area contributed by atoms with Gasteiger partial charge in [0, 0.05) is 29.2 Å². The van der Waals surface area contributed by atoms with Gasteiger partial charge in [0.2, 0.25) is 0 Å². The fourth-order valence-electron chi connectivity index (χ4n) is 2.35. The number of Topliss-reactive ketones (excluding diaryl/α,β-unsaturated/α-hetero) is 1. The third kappa shape index (κ3) is 3.43. The molecule has 0 spiro atoms. The summed E-state index contributed by atoms with van der Waals surface area (Å²) in [5.41, 5.74) is 0.879. The maximum atomic E-state index is 12.3. The van der Waals surface area contributed by atoms with Crippen molar-refractivity contribution in [2.75, 3.05) is 20.1 Å². The van der Waals surface area contributed by atoms with Gasteiger partial charge in [0.25, 0.3) is 0 Å². The molecule has 0 saturated heterocycles. The molecule has 0 bridgehead atoms. The van der Waals surface area contributed by atoms with Gasteiger partial charge >= 0.3 is 0 Å². The Hall–Kier alpha value is -1.65. The van der Waals surface area contributed by atoms with Crippen LogP contribution in [0.5, 0.6) is 0 Å². The maximum absolute atomic E-state index is 12.3. The van der Waals surface area contributed by atoms with Crippen LogP contribution < -0.4 is 0 Å². The molecule has 0 radical (unpaired) electrons. The molecule has 19 heavy (non-hydrogen) atoms. The lowest BCUT2D eigenvalue weighted by atomic mass is 10.1. The van der Waals surface area contributed by atoms with Crippen LogP contribution in [-0.2, 0) is 0 Å². The van der Waals surface area contributed by atoms with Gasteiger partial charge in [-0.1, -0.05) is 18.2 Å². The van der Waals surface area contributed by atoms with Crippen molar-refractivity contribution < 1.29 is 9.90 Å². The van der Waals surface area contributed by atoms with E-state index in [-0.39, 0.29) is 5.78 Å². The van der Waals surface area contributed by atoms with Crippen LogP contribution in [0.3, 0.4) is 0 Å². The van der Waals surface area contributed by atoms with Crippen molar-refractivity contribution in [1.29, 1.82) is 0 Å². The normalized spacial score (nSPS) is 12.3. The second kappa shape index (κ2) is 5.15. The van der Waals surface area contributed by atoms with E-state index in [2.05, 4.69) is 4.98 Å². The highest BCUT2D eigenvalue weighted by molar-refractivity contribution is 6.08. The van der Waals surface area contributed by atoms with E-state index in [1.165, 1.54) is 0 Å². The number of carbonyl (C=O) groups excluding carboxylic acids is 1. The first kappa shape index (κ1) is 13.8. The number of aromatic amines is 1. The molecule has 0 aliphatic heterocycles. The molecule has 4 heteroatoms. The molecule has 0 fully saturated rings. The predicted molar refractivity (Wildman–Crippen MR) is 76.4 cm³/mol. The Bertz CT molecular complexity index is 581. The lowest BCUT2D eigenvalue weighted by Gasteiger charge is -2.24. The first-order valence-electron chi connectivity index (χ1n) is 6.37. The molecule has 2 aromatic rings. The van der Waals surface area contributed by atoms with E-state index >= 15 is 0 Å². The number of fused-ring (bicyclic) bond motifs is 1. The molecular weight excluding hydrogens is 240 g/mol. The van der Waals surface area contributed by atoms with Crippen molar-refractivity contribution in [2.45, 2.75) is 19.4 Å². The zero-order chi connectivity index (χ0) is 14.0. The number of para-hydroxylation sites is 1. The van der Waals surface area contributed by atoms with E-state index in [0.29, 0.717) is 18.7 Å². The van der Waals surface area contributed by atoms with Crippen molar-refractivity contribution in [3.8, 4) is 0 Å². The van der Waals surface area contributed by atoms with E-state index in [4.69, 9.17) is 0 Å². The standard InChI is InChI=1S/C15H20N2O2/c1-15(2,19)10-17(3)9-14(18)12-8-16-13-7-5-4-6-11(12)13/h4-8,16,19H,9-10H2,1-3H3. The minimum Gasteiger partial charge on any atom is -0.389 e. The molecular formula is C15H20N2O2. The number of benzene rings is 1. The summed E-state index contributed by atoms with van der Waals surface area (Å²) >= 11 is 0. The quantitative estimate of drug-likeness (QED) is 0.809. The minimum atomic E-state index is -0.796. The summed E-state index contributed by atoms with van der Waals surface area (Å²) in [6.45, 7) is 4.23. The fraction of sp³-hybridized carbons (Fsp3) is 0.400. The number of aliphatic hydroxyl groups is 1. The van der Waals surface area contributed by atoms with Gasteiger partial charge in [-0.3, -0.25) is 9.69 Å². The average Bonchev–Trinajstić information content (AvgIpc) is 2.69. The Labute approximate surface area is 113 Å². The third-order valence-electron chi connectivity index (χ3n) is 2.96. The van der Waals surface area contributed by atoms with Crippen molar-refractivity contribution in [1.82, 2.24) is 9.88 Å². The van der Waals surface area contributed by atoms with Crippen LogP contribution in [0, 0.1) is 0 Å². The van der Waals surface area contributed by atoms with Crippen LogP contribution in [0.1, 0.15) is 24.2 Å². The Balaban J connectivity index is 2.12. The molecule has 0 amide bonds. The van der Waals surface area contributed by atoms with Crippen LogP contribution in [-0.4, -0.2) is 46.5 Å². The highest BCUT2D eigenvalue weighted by Crippen LogP contribution is 2.18. The van der Waals surface area contributed by atoms with Gasteiger partial charge in [0.1, 0.15) is 0 Å². The van der Waals surface area contributed by atoms with E-state index in [9.17, 15) is 9.90 Å². The number of aromatic nitrogens is 1. The van der Waals surface area contributed by atoms with Crippen molar-refractivity contribution >= 4 is 16.7 Å². The largest absolute Gasteiger partial charge is 0.389 e. The van der Waals surface area contributed by atoms with E-state index in [1.54, 1.807) is 20.0 Å². The van der Waals surface area contributed by atoms with Gasteiger partial charge in [-0.15, -0.1) is 0 Å². The predicted octanol–water partition coefficient (Wildman–Crippen LogP) is 2.05. The highest BCUT2D eigenvalue weighted by Gasteiger charge is 2.19. The molecule has 2 N–H and O–H groups in total. The number of likely N-dealkylation sites (N-methyl/N-ethyl adjacent to an activating group) is 1. The molecule has 4 nitrogen and oxygen atoms in total. The first-order chi connectivity index (χ1) is 8.87. The lowest BCUT2D eigenvalue weighted by molar-refractivity contribution is 0.0439. The van der Waals surface area contributed by atoms with Crippen molar-refractivity contribution in [3.05, 3.63) is 36.0 Å². The minimum absolute atomic E-state index is 0.0594. The smallest absolute Gasteiger partial charge is 0.178 e. The third-order valence-corrected chi connectivity index (χ3v) is 2.96. The summed E-state index contributed by atoms with van der Waals surface area (Å²) in [5.74, 6) is 0.0594. The van der Waals surface area contributed by atoms with Gasteiger partial charge < -0.3 is 10.1 Å². The highest BCUT2D eigenvalue weighted by atomic mass is 16.3. The summed E-state index contributed by atoms with van der Waals surface area (Å²) < 4.78 is 0. The van der Waals surface area contributed by atoms with Crippen LogP contribution in [0.25, 0.3) is 10.9 Å². The number of H-pyrrole nitrogens is 1. The molecule has 0 unspecified atom stereocenters. The summed E-state index contributed by atoms with van der Waals surface area (Å²) in [4.78, 5) is 17.2. The van der Waals surface area contributed by atoms with E-state index in [1.807, 2.05) is 36.2 Å². The summed E-state index contributed by atoms with van der Waals surface area (Å²) in [6, 6.07) is 7.75. The lowest BCUT2D eigenvalue weighted by Crippen LogP contribution is -2.38. The molecule has 0 saturated carbocycles. The Kier molecular flexibility index (Phi) is 3.73. The number of nitrogens with one attached hydrogen (secondary N) is 1. The molecule has 1 aromatic carbocycles. The first-order valence-corrected chi connectivity index (χ1v) is 6.37. The van der Waals surface area contributed by atoms with E-state index in [0.717, 1.165) is 10.9 Å². The molecule has 0 atom stereocenters. The number of hydrogen-bond acceptors (Lipinski definition) is 3. The van der Waals surface area contributed by atoms with Gasteiger partial charge in [-0.2, -0.15) is 0 Å². The van der Waals surface area contributed by atoms with Crippen LogP contribution >= 0.6 is 0 Å². The monoisotopic (exact) mass is 260 g/mol. The molecule has 1 aromatic heterocycles. The SMILES string of the molecule is CN(CC(=O)c1c[nH]c2ccccc12)CC(C)(C)O. The molecule has 2 rings (SSSR count). The number of hydrogen-bond donors (Lipinski definition) is 2.